The summed E-state index contributed by atoms with van der Waals surface area (Å²) in [6.07, 6.45) is 4.47. The highest BCUT2D eigenvalue weighted by molar-refractivity contribution is 7.89. The number of hydrogen-bond acceptors (Lipinski definition) is 4. The Bertz CT molecular complexity index is 1150. The number of aromatic nitrogens is 2. The largest absolute Gasteiger partial charge is 0.388 e. The van der Waals surface area contributed by atoms with Crippen LogP contribution in [-0.4, -0.2) is 23.1 Å². The number of rotatable bonds is 2. The molecule has 1 aromatic heterocycles. The lowest BCUT2D eigenvalue weighted by atomic mass is 9.76. The van der Waals surface area contributed by atoms with Crippen LogP contribution >= 0.6 is 0 Å². The Morgan fingerprint density at radius 3 is 2.78 bits per heavy atom. The molecule has 7 heteroatoms. The molecule has 6 nitrogen and oxygen atoms in total. The maximum Gasteiger partial charge on any atom is 0.238 e. The molecule has 2 aliphatic rings. The van der Waals surface area contributed by atoms with E-state index >= 15 is 0 Å². The lowest BCUT2D eigenvalue weighted by molar-refractivity contribution is 0.0718. The average molecular weight is 381 g/mol. The monoisotopic (exact) mass is 381 g/mol. The maximum absolute atomic E-state index is 11.7. The van der Waals surface area contributed by atoms with Crippen molar-refractivity contribution < 1.29 is 13.5 Å². The predicted molar refractivity (Wildman–Crippen MR) is 100 cm³/mol. The van der Waals surface area contributed by atoms with Crippen molar-refractivity contribution in [3.63, 3.8) is 0 Å². The average Bonchev–Trinajstić information content (AvgIpc) is 3.23. The van der Waals surface area contributed by atoms with Gasteiger partial charge in [-0.25, -0.2) is 18.5 Å². The number of fused-ring (bicyclic) bond motifs is 4. The van der Waals surface area contributed by atoms with Crippen molar-refractivity contribution in [1.29, 1.82) is 0 Å². The molecule has 0 amide bonds. The second-order valence-electron chi connectivity index (χ2n) is 7.27. The molecule has 1 aliphatic carbocycles. The van der Waals surface area contributed by atoms with Gasteiger partial charge < -0.3 is 9.67 Å². The fourth-order valence-electron chi connectivity index (χ4n) is 4.60. The quantitative estimate of drug-likeness (QED) is 0.712. The van der Waals surface area contributed by atoms with Crippen LogP contribution in [0.5, 0.6) is 0 Å². The molecule has 3 aromatic rings. The molecular formula is C20H19N3O3S. The number of hydrogen-bond donors (Lipinski definition) is 2. The molecular weight excluding hydrogens is 362 g/mol. The summed E-state index contributed by atoms with van der Waals surface area (Å²) in [6, 6.07) is 13.0. The summed E-state index contributed by atoms with van der Waals surface area (Å²) >= 11 is 0. The molecule has 1 aliphatic heterocycles. The normalized spacial score (nSPS) is 23.6. The van der Waals surface area contributed by atoms with Gasteiger partial charge in [-0.3, -0.25) is 0 Å². The molecule has 3 atom stereocenters. The molecule has 0 saturated carbocycles. The van der Waals surface area contributed by atoms with Gasteiger partial charge in [-0.1, -0.05) is 30.3 Å². The molecule has 27 heavy (non-hydrogen) atoms. The zero-order valence-corrected chi connectivity index (χ0v) is 15.3. The van der Waals surface area contributed by atoms with Crippen LogP contribution < -0.4 is 5.14 Å². The molecule has 3 N–H and O–H groups in total. The SMILES string of the molecule is NS(=O)(=O)c1ccc2c(c1)[C@H](O)[C@H]([C@H]1c3ccccc3-c3cncn31)CC2. The first kappa shape index (κ1) is 16.7. The predicted octanol–water partition coefficient (Wildman–Crippen LogP) is 2.40. The van der Waals surface area contributed by atoms with E-state index in [9.17, 15) is 13.5 Å². The summed E-state index contributed by atoms with van der Waals surface area (Å²) in [5.41, 5.74) is 4.99. The van der Waals surface area contributed by atoms with Gasteiger partial charge in [0.05, 0.1) is 35.3 Å². The zero-order valence-electron chi connectivity index (χ0n) is 14.5. The van der Waals surface area contributed by atoms with Crippen LogP contribution in [0, 0.1) is 5.92 Å². The molecule has 0 saturated heterocycles. The van der Waals surface area contributed by atoms with Gasteiger partial charge in [-0.15, -0.1) is 0 Å². The maximum atomic E-state index is 11.7. The fourth-order valence-corrected chi connectivity index (χ4v) is 5.15. The van der Waals surface area contributed by atoms with Gasteiger partial charge in [-0.2, -0.15) is 0 Å². The van der Waals surface area contributed by atoms with E-state index in [-0.39, 0.29) is 16.9 Å². The fraction of sp³-hybridized carbons (Fsp3) is 0.250. The van der Waals surface area contributed by atoms with E-state index in [0.717, 1.165) is 29.7 Å². The molecule has 2 aromatic carbocycles. The van der Waals surface area contributed by atoms with Gasteiger partial charge in [0.2, 0.25) is 10.0 Å². The molecule has 0 spiro atoms. The van der Waals surface area contributed by atoms with E-state index in [1.165, 1.54) is 17.7 Å². The summed E-state index contributed by atoms with van der Waals surface area (Å²) in [5.74, 6) is -0.0789. The number of aliphatic hydroxyl groups excluding tert-OH is 1. The lowest BCUT2D eigenvalue weighted by Crippen LogP contribution is -2.29. The second-order valence-corrected chi connectivity index (χ2v) is 8.83. The van der Waals surface area contributed by atoms with Crippen LogP contribution in [0.25, 0.3) is 11.3 Å². The second kappa shape index (κ2) is 5.76. The minimum atomic E-state index is -3.81. The van der Waals surface area contributed by atoms with E-state index < -0.39 is 16.1 Å². The van der Waals surface area contributed by atoms with E-state index in [4.69, 9.17) is 5.14 Å². The number of primary sulfonamides is 1. The Morgan fingerprint density at radius 2 is 1.96 bits per heavy atom. The van der Waals surface area contributed by atoms with Gasteiger partial charge in [0, 0.05) is 11.5 Å². The smallest absolute Gasteiger partial charge is 0.238 e. The minimum Gasteiger partial charge on any atom is -0.388 e. The Hall–Kier alpha value is -2.48. The number of nitrogens with zero attached hydrogens (tertiary/aromatic N) is 2. The van der Waals surface area contributed by atoms with Gasteiger partial charge in [0.15, 0.2) is 0 Å². The summed E-state index contributed by atoms with van der Waals surface area (Å²) in [7, 11) is -3.81. The first-order chi connectivity index (χ1) is 12.9. The third-order valence-corrected chi connectivity index (χ3v) is 6.75. The molecule has 0 unspecified atom stereocenters. The number of sulfonamides is 1. The Balaban J connectivity index is 1.61. The van der Waals surface area contributed by atoms with E-state index in [1.807, 2.05) is 24.7 Å². The standard InChI is InChI=1S/C20H19N3O3S/c21-27(25,26)13-7-5-12-6-8-16(20(24)17(12)9-13)19-15-4-2-1-3-14(15)18-10-22-11-23(18)19/h1-5,7,9-11,16,19-20,24H,6,8H2,(H2,21,25,26)/t16-,19+,20+/m0/s1. The van der Waals surface area contributed by atoms with Crippen molar-refractivity contribution >= 4 is 10.0 Å². The first-order valence-corrected chi connectivity index (χ1v) is 10.4. The minimum absolute atomic E-state index is 0.0278. The van der Waals surface area contributed by atoms with Crippen molar-refractivity contribution in [3.8, 4) is 11.3 Å². The number of nitrogens with two attached hydrogens (primary N) is 1. The van der Waals surface area contributed by atoms with Gasteiger partial charge in [0.1, 0.15) is 0 Å². The number of benzene rings is 2. The third kappa shape index (κ3) is 2.46. The molecule has 2 heterocycles. The lowest BCUT2D eigenvalue weighted by Gasteiger charge is -2.35. The number of imidazole rings is 1. The van der Waals surface area contributed by atoms with Crippen molar-refractivity contribution in [2.24, 2.45) is 11.1 Å². The first-order valence-electron chi connectivity index (χ1n) is 8.90. The van der Waals surface area contributed by atoms with Crippen LogP contribution in [0.1, 0.15) is 35.3 Å². The Kier molecular flexibility index (Phi) is 3.56. The van der Waals surface area contributed by atoms with Crippen LogP contribution in [0.15, 0.2) is 59.9 Å². The van der Waals surface area contributed by atoms with Gasteiger partial charge in [0.25, 0.3) is 0 Å². The van der Waals surface area contributed by atoms with Gasteiger partial charge in [-0.05, 0) is 41.7 Å². The van der Waals surface area contributed by atoms with Crippen molar-refractivity contribution in [2.45, 2.75) is 29.9 Å². The van der Waals surface area contributed by atoms with Crippen molar-refractivity contribution in [2.75, 3.05) is 0 Å². The molecule has 138 valence electrons. The summed E-state index contributed by atoms with van der Waals surface area (Å²) in [5, 5.41) is 16.5. The van der Waals surface area contributed by atoms with Crippen molar-refractivity contribution in [3.05, 3.63) is 71.7 Å². The highest BCUT2D eigenvalue weighted by atomic mass is 32.2. The van der Waals surface area contributed by atoms with Gasteiger partial charge >= 0.3 is 0 Å². The van der Waals surface area contributed by atoms with Crippen LogP contribution in [-0.2, 0) is 16.4 Å². The summed E-state index contributed by atoms with van der Waals surface area (Å²) < 4.78 is 25.6. The number of aliphatic hydroxyl groups is 1. The van der Waals surface area contributed by atoms with E-state index in [0.29, 0.717) is 5.56 Å². The Labute approximate surface area is 157 Å². The highest BCUT2D eigenvalue weighted by Crippen LogP contribution is 2.49. The van der Waals surface area contributed by atoms with Crippen molar-refractivity contribution in [1.82, 2.24) is 9.55 Å². The molecule has 5 rings (SSSR count). The van der Waals surface area contributed by atoms with Crippen LogP contribution in [0.4, 0.5) is 0 Å². The van der Waals surface area contributed by atoms with Crippen LogP contribution in [0.2, 0.25) is 0 Å². The number of aryl methyl sites for hydroxylation is 1. The molecule has 0 bridgehead atoms. The topological polar surface area (TPSA) is 98.2 Å². The highest BCUT2D eigenvalue weighted by Gasteiger charge is 2.40. The summed E-state index contributed by atoms with van der Waals surface area (Å²) in [4.78, 5) is 4.33. The molecule has 0 radical (unpaired) electrons. The zero-order chi connectivity index (χ0) is 18.8. The van der Waals surface area contributed by atoms with E-state index in [1.54, 1.807) is 6.07 Å². The molecule has 0 fully saturated rings. The summed E-state index contributed by atoms with van der Waals surface area (Å²) in [6.45, 7) is 0. The van der Waals surface area contributed by atoms with E-state index in [2.05, 4.69) is 21.7 Å². The third-order valence-electron chi connectivity index (χ3n) is 5.84. The van der Waals surface area contributed by atoms with Crippen LogP contribution in [0.3, 0.4) is 0 Å². The Morgan fingerprint density at radius 1 is 1.15 bits per heavy atom.